The van der Waals surface area contributed by atoms with Crippen molar-refractivity contribution in [3.8, 4) is 5.75 Å². The number of benzene rings is 1. The van der Waals surface area contributed by atoms with E-state index in [1.165, 1.54) is 36.8 Å². The van der Waals surface area contributed by atoms with Crippen molar-refractivity contribution in [3.05, 3.63) is 29.3 Å². The second-order valence-corrected chi connectivity index (χ2v) is 6.19. The first-order valence-electron chi connectivity index (χ1n) is 7.71. The molecule has 0 radical (unpaired) electrons. The first kappa shape index (κ1) is 13.0. The third-order valence-corrected chi connectivity index (χ3v) is 4.96. The zero-order chi connectivity index (χ0) is 13.4. The number of rotatable bonds is 4. The van der Waals surface area contributed by atoms with Gasteiger partial charge in [0.25, 0.3) is 0 Å². The average Bonchev–Trinajstić information content (AvgIpc) is 3.14. The normalized spacial score (nSPS) is 30.6. The molecule has 19 heavy (non-hydrogen) atoms. The molecule has 0 aromatic heterocycles. The third-order valence-electron chi connectivity index (χ3n) is 4.96. The zero-order valence-corrected chi connectivity index (χ0v) is 12.1. The second kappa shape index (κ2) is 5.16. The molecule has 3 rings (SSSR count). The Bertz CT molecular complexity index is 445. The van der Waals surface area contributed by atoms with E-state index >= 15 is 0 Å². The van der Waals surface area contributed by atoms with E-state index in [0.717, 1.165) is 17.6 Å². The number of hydrogen-bond donors (Lipinski definition) is 1. The van der Waals surface area contributed by atoms with Gasteiger partial charge in [-0.25, -0.2) is 0 Å². The van der Waals surface area contributed by atoms with Gasteiger partial charge >= 0.3 is 0 Å². The molecule has 2 heteroatoms. The lowest BCUT2D eigenvalue weighted by Gasteiger charge is -2.17. The lowest BCUT2D eigenvalue weighted by atomic mass is 9.98. The fraction of sp³-hybridized carbons (Fsp3) is 0.647. The Kier molecular flexibility index (Phi) is 3.53. The maximum atomic E-state index is 6.58. The van der Waals surface area contributed by atoms with Crippen LogP contribution >= 0.6 is 0 Å². The summed E-state index contributed by atoms with van der Waals surface area (Å²) >= 11 is 0. The van der Waals surface area contributed by atoms with Crippen LogP contribution in [0.5, 0.6) is 5.75 Å². The van der Waals surface area contributed by atoms with Crippen LogP contribution in [0, 0.1) is 24.7 Å². The second-order valence-electron chi connectivity index (χ2n) is 6.19. The molecule has 0 aliphatic heterocycles. The molecule has 3 atom stereocenters. The molecule has 2 aliphatic rings. The highest BCUT2D eigenvalue weighted by atomic mass is 16.5. The molecule has 2 N–H and O–H groups in total. The maximum absolute atomic E-state index is 6.58. The van der Waals surface area contributed by atoms with Crippen molar-refractivity contribution in [2.45, 2.75) is 45.6 Å². The molecule has 2 fully saturated rings. The molecule has 3 unspecified atom stereocenters. The Labute approximate surface area is 116 Å². The summed E-state index contributed by atoms with van der Waals surface area (Å²) < 4.78 is 5.76. The first-order chi connectivity index (χ1) is 9.22. The van der Waals surface area contributed by atoms with Crippen molar-refractivity contribution >= 4 is 0 Å². The Morgan fingerprint density at radius 1 is 1.26 bits per heavy atom. The summed E-state index contributed by atoms with van der Waals surface area (Å²) in [7, 11) is 0. The number of nitrogens with two attached hydrogens (primary N) is 1. The largest absolute Gasteiger partial charge is 0.494 e. The molecule has 2 saturated carbocycles. The van der Waals surface area contributed by atoms with Crippen molar-refractivity contribution in [1.82, 2.24) is 0 Å². The molecular weight excluding hydrogens is 234 g/mol. The van der Waals surface area contributed by atoms with Crippen molar-refractivity contribution in [1.29, 1.82) is 0 Å². The Balaban J connectivity index is 1.82. The van der Waals surface area contributed by atoms with Gasteiger partial charge in [-0.15, -0.1) is 0 Å². The molecular formula is C17H25NO. The van der Waals surface area contributed by atoms with Crippen molar-refractivity contribution in [3.63, 3.8) is 0 Å². The predicted octanol–water partition coefficient (Wildman–Crippen LogP) is 3.83. The minimum Gasteiger partial charge on any atom is -0.494 e. The summed E-state index contributed by atoms with van der Waals surface area (Å²) in [6.45, 7) is 4.87. The number of fused-ring (bicyclic) bond motifs is 1. The van der Waals surface area contributed by atoms with Crippen LogP contribution in [0.3, 0.4) is 0 Å². The third kappa shape index (κ3) is 2.38. The van der Waals surface area contributed by atoms with Crippen LogP contribution in [0.4, 0.5) is 0 Å². The molecule has 1 aromatic rings. The first-order valence-corrected chi connectivity index (χ1v) is 7.71. The van der Waals surface area contributed by atoms with Gasteiger partial charge < -0.3 is 10.5 Å². The lowest BCUT2D eigenvalue weighted by Crippen LogP contribution is -2.16. The maximum Gasteiger partial charge on any atom is 0.124 e. The highest BCUT2D eigenvalue weighted by Gasteiger charge is 2.53. The number of ether oxygens (including phenoxy) is 1. The van der Waals surface area contributed by atoms with Gasteiger partial charge in [0, 0.05) is 11.6 Å². The van der Waals surface area contributed by atoms with Crippen LogP contribution in [0.25, 0.3) is 0 Å². The predicted molar refractivity (Wildman–Crippen MR) is 78.2 cm³/mol. The van der Waals surface area contributed by atoms with Crippen LogP contribution in [-0.4, -0.2) is 6.61 Å². The van der Waals surface area contributed by atoms with Gasteiger partial charge in [0.2, 0.25) is 0 Å². The molecule has 0 heterocycles. The highest BCUT2D eigenvalue weighted by Crippen LogP contribution is 2.60. The molecule has 0 spiro atoms. The van der Waals surface area contributed by atoms with E-state index in [0.29, 0.717) is 12.5 Å². The van der Waals surface area contributed by atoms with Crippen molar-refractivity contribution in [2.75, 3.05) is 6.61 Å². The fourth-order valence-corrected chi connectivity index (χ4v) is 4.00. The molecule has 2 nitrogen and oxygen atoms in total. The smallest absolute Gasteiger partial charge is 0.124 e. The van der Waals surface area contributed by atoms with E-state index in [9.17, 15) is 0 Å². The molecule has 0 bridgehead atoms. The molecule has 0 saturated heterocycles. The van der Waals surface area contributed by atoms with E-state index in [1.54, 1.807) is 0 Å². The van der Waals surface area contributed by atoms with Gasteiger partial charge in [0.1, 0.15) is 5.75 Å². The monoisotopic (exact) mass is 259 g/mol. The Hall–Kier alpha value is -1.02. The average molecular weight is 259 g/mol. The van der Waals surface area contributed by atoms with Gasteiger partial charge in [-0.2, -0.15) is 0 Å². The lowest BCUT2D eigenvalue weighted by molar-refractivity contribution is 0.331. The summed E-state index contributed by atoms with van der Waals surface area (Å²) in [5.41, 5.74) is 9.08. The summed E-state index contributed by atoms with van der Waals surface area (Å²) in [4.78, 5) is 0. The van der Waals surface area contributed by atoms with Gasteiger partial charge in [0.15, 0.2) is 0 Å². The highest BCUT2D eigenvalue weighted by molar-refractivity contribution is 5.40. The van der Waals surface area contributed by atoms with Gasteiger partial charge in [0.05, 0.1) is 6.61 Å². The van der Waals surface area contributed by atoms with E-state index in [4.69, 9.17) is 10.5 Å². The standard InChI is InChI=1S/C17H25NO/c1-3-19-15-9-8-11(2)10-14(15)17(18)16-12-6-4-5-7-13(12)16/h8-10,12-13,16-17H,3-7,18H2,1-2H3. The number of hydrogen-bond acceptors (Lipinski definition) is 2. The van der Waals surface area contributed by atoms with Crippen LogP contribution in [0.2, 0.25) is 0 Å². The van der Waals surface area contributed by atoms with Crippen LogP contribution < -0.4 is 10.5 Å². The summed E-state index contributed by atoms with van der Waals surface area (Å²) in [5.74, 6) is 3.46. The zero-order valence-electron chi connectivity index (χ0n) is 12.1. The van der Waals surface area contributed by atoms with E-state index in [2.05, 4.69) is 25.1 Å². The minimum absolute atomic E-state index is 0.162. The van der Waals surface area contributed by atoms with Crippen molar-refractivity contribution in [2.24, 2.45) is 23.5 Å². The van der Waals surface area contributed by atoms with Gasteiger partial charge in [-0.1, -0.05) is 30.5 Å². The van der Waals surface area contributed by atoms with Crippen molar-refractivity contribution < 1.29 is 4.74 Å². The van der Waals surface area contributed by atoms with Gasteiger partial charge in [-0.3, -0.25) is 0 Å². The van der Waals surface area contributed by atoms with E-state index in [1.807, 2.05) is 6.92 Å². The topological polar surface area (TPSA) is 35.2 Å². The van der Waals surface area contributed by atoms with Crippen LogP contribution in [0.15, 0.2) is 18.2 Å². The molecule has 2 aliphatic carbocycles. The van der Waals surface area contributed by atoms with Gasteiger partial charge in [-0.05, 0) is 50.5 Å². The molecule has 104 valence electrons. The van der Waals surface area contributed by atoms with Crippen LogP contribution in [-0.2, 0) is 0 Å². The summed E-state index contributed by atoms with van der Waals surface area (Å²) in [5, 5.41) is 0. The molecule has 1 aromatic carbocycles. The number of aryl methyl sites for hydroxylation is 1. The minimum atomic E-state index is 0.162. The Morgan fingerprint density at radius 3 is 2.58 bits per heavy atom. The summed E-state index contributed by atoms with van der Waals surface area (Å²) in [6, 6.07) is 6.58. The Morgan fingerprint density at radius 2 is 1.95 bits per heavy atom. The quantitative estimate of drug-likeness (QED) is 0.892. The molecule has 0 amide bonds. The van der Waals surface area contributed by atoms with Crippen LogP contribution in [0.1, 0.15) is 49.8 Å². The van der Waals surface area contributed by atoms with E-state index in [-0.39, 0.29) is 6.04 Å². The SMILES string of the molecule is CCOc1ccc(C)cc1C(N)C1C2CCCCC21. The van der Waals surface area contributed by atoms with E-state index < -0.39 is 0 Å². The fourth-order valence-electron chi connectivity index (χ4n) is 4.00. The summed E-state index contributed by atoms with van der Waals surface area (Å²) in [6.07, 6.45) is 5.57.